The average molecular weight is 569 g/mol. The summed E-state index contributed by atoms with van der Waals surface area (Å²) in [6.07, 6.45) is 1.16. The van der Waals surface area contributed by atoms with Crippen LogP contribution in [-0.2, 0) is 0 Å². The largest absolute Gasteiger partial charge is 0.434 e. The van der Waals surface area contributed by atoms with E-state index in [0.29, 0.717) is 37.6 Å². The van der Waals surface area contributed by atoms with Crippen LogP contribution in [0, 0.1) is 42.2 Å². The number of aromatic nitrogens is 2. The van der Waals surface area contributed by atoms with Crippen LogP contribution in [-0.4, -0.2) is 14.9 Å². The summed E-state index contributed by atoms with van der Waals surface area (Å²) in [5.41, 5.74) is 3.56. The lowest BCUT2D eigenvalue weighted by Crippen LogP contribution is -2.06. The predicted octanol–water partition coefficient (Wildman–Crippen LogP) is 8.46. The Morgan fingerprint density at radius 2 is 1.66 bits per heavy atom. The number of hydrogen-bond acceptors (Lipinski definition) is 7. The van der Waals surface area contributed by atoms with Gasteiger partial charge in [0.15, 0.2) is 0 Å². The fourth-order valence-corrected chi connectivity index (χ4v) is 4.44. The molecule has 0 saturated heterocycles. The summed E-state index contributed by atoms with van der Waals surface area (Å²) in [6, 6.07) is 15.9. The fourth-order valence-electron chi connectivity index (χ4n) is 3.94. The molecule has 3 aromatic carbocycles. The second-order valence-corrected chi connectivity index (χ2v) is 9.76. The Bertz CT molecular complexity index is 1560. The van der Waals surface area contributed by atoms with Crippen molar-refractivity contribution in [2.24, 2.45) is 0 Å². The summed E-state index contributed by atoms with van der Waals surface area (Å²) < 4.78 is 5.78. The Morgan fingerprint density at radius 1 is 1.00 bits per heavy atom. The monoisotopic (exact) mass is 567 g/mol. The molecule has 1 heterocycles. The van der Waals surface area contributed by atoms with E-state index in [-0.39, 0.29) is 11.7 Å². The van der Waals surface area contributed by atoms with Crippen molar-refractivity contribution >= 4 is 52.0 Å². The Labute approximate surface area is 233 Å². The summed E-state index contributed by atoms with van der Waals surface area (Å²) in [7, 11) is 0. The number of benzene rings is 3. The van der Waals surface area contributed by atoms with Crippen LogP contribution in [0.4, 0.5) is 17.2 Å². The minimum atomic E-state index is -0.632. The number of nitriles is 1. The van der Waals surface area contributed by atoms with Gasteiger partial charge in [0, 0.05) is 20.8 Å². The molecule has 0 aliphatic heterocycles. The van der Waals surface area contributed by atoms with Crippen LogP contribution in [0.2, 0.25) is 15.1 Å². The number of nitrogens with zero attached hydrogens (tertiary/aromatic N) is 4. The first-order chi connectivity index (χ1) is 18.1. The number of nitrogens with one attached hydrogen (secondary N) is 1. The standard InChI is InChI=1S/C27H20Cl3N5O3/c1-14-10-20(21(12-31)17-4-6-18(28)7-5-17)22(29)11-23(14)34-26-25(35(36)37)27(33-13-32-26)38-19-8-15(2)24(30)16(3)9-19/h4-11,13,21H,1-3H3,(H,32,33,34). The molecule has 1 unspecified atom stereocenters. The molecule has 0 radical (unpaired) electrons. The highest BCUT2D eigenvalue weighted by Gasteiger charge is 2.27. The van der Waals surface area contributed by atoms with Crippen molar-refractivity contribution in [2.45, 2.75) is 26.7 Å². The summed E-state index contributed by atoms with van der Waals surface area (Å²) in [4.78, 5) is 19.5. The SMILES string of the molecule is Cc1cc(C(C#N)c2ccc(Cl)cc2)c(Cl)cc1Nc1ncnc(Oc2cc(C)c(Cl)c(C)c2)c1[N+](=O)[O-]. The third kappa shape index (κ3) is 5.65. The first-order valence-corrected chi connectivity index (χ1v) is 12.4. The minimum Gasteiger partial charge on any atom is -0.434 e. The third-order valence-electron chi connectivity index (χ3n) is 5.84. The van der Waals surface area contributed by atoms with E-state index >= 15 is 0 Å². The fraction of sp³-hybridized carbons (Fsp3) is 0.148. The van der Waals surface area contributed by atoms with Gasteiger partial charge in [-0.2, -0.15) is 10.2 Å². The first kappa shape index (κ1) is 27.1. The highest BCUT2D eigenvalue weighted by Crippen LogP contribution is 2.39. The van der Waals surface area contributed by atoms with Gasteiger partial charge in [0.1, 0.15) is 12.1 Å². The van der Waals surface area contributed by atoms with Crippen molar-refractivity contribution in [1.82, 2.24) is 9.97 Å². The predicted molar refractivity (Wildman–Crippen MR) is 148 cm³/mol. The van der Waals surface area contributed by atoms with E-state index in [0.717, 1.165) is 23.0 Å². The van der Waals surface area contributed by atoms with Crippen molar-refractivity contribution in [3.05, 3.63) is 108 Å². The molecule has 0 fully saturated rings. The van der Waals surface area contributed by atoms with E-state index < -0.39 is 16.5 Å². The van der Waals surface area contributed by atoms with Gasteiger partial charge in [-0.05, 0) is 78.9 Å². The number of rotatable bonds is 7. The maximum absolute atomic E-state index is 12.0. The van der Waals surface area contributed by atoms with E-state index in [2.05, 4.69) is 21.4 Å². The summed E-state index contributed by atoms with van der Waals surface area (Å²) in [5, 5.41) is 26.3. The molecule has 0 spiro atoms. The van der Waals surface area contributed by atoms with Crippen molar-refractivity contribution < 1.29 is 9.66 Å². The number of hydrogen-bond donors (Lipinski definition) is 1. The van der Waals surface area contributed by atoms with Crippen molar-refractivity contribution in [3.63, 3.8) is 0 Å². The highest BCUT2D eigenvalue weighted by atomic mass is 35.5. The first-order valence-electron chi connectivity index (χ1n) is 11.2. The molecule has 0 aliphatic rings. The molecule has 0 aliphatic carbocycles. The van der Waals surface area contributed by atoms with Crippen LogP contribution < -0.4 is 10.1 Å². The topological polar surface area (TPSA) is 114 Å². The quantitative estimate of drug-likeness (QED) is 0.176. The Kier molecular flexibility index (Phi) is 8.02. The van der Waals surface area contributed by atoms with Crippen LogP contribution >= 0.6 is 34.8 Å². The lowest BCUT2D eigenvalue weighted by atomic mass is 9.91. The van der Waals surface area contributed by atoms with Crippen LogP contribution in [0.5, 0.6) is 11.6 Å². The lowest BCUT2D eigenvalue weighted by molar-refractivity contribution is -0.385. The van der Waals surface area contributed by atoms with Gasteiger partial charge in [0.05, 0.1) is 16.9 Å². The molecule has 192 valence electrons. The molecule has 0 amide bonds. The number of halogens is 3. The highest BCUT2D eigenvalue weighted by molar-refractivity contribution is 6.32. The van der Waals surface area contributed by atoms with E-state index in [9.17, 15) is 15.4 Å². The second-order valence-electron chi connectivity index (χ2n) is 8.53. The maximum atomic E-state index is 12.0. The lowest BCUT2D eigenvalue weighted by Gasteiger charge is -2.16. The number of anilines is 2. The van der Waals surface area contributed by atoms with Gasteiger partial charge in [-0.25, -0.2) is 4.98 Å². The molecular weight excluding hydrogens is 549 g/mol. The zero-order valence-corrected chi connectivity index (χ0v) is 22.7. The molecule has 4 rings (SSSR count). The number of nitro groups is 1. The molecule has 1 N–H and O–H groups in total. The van der Waals surface area contributed by atoms with Crippen molar-refractivity contribution in [3.8, 4) is 17.7 Å². The zero-order chi connectivity index (χ0) is 27.6. The van der Waals surface area contributed by atoms with Gasteiger partial charge >= 0.3 is 11.6 Å². The van der Waals surface area contributed by atoms with Crippen molar-refractivity contribution in [2.75, 3.05) is 5.32 Å². The third-order valence-corrected chi connectivity index (χ3v) is 7.01. The maximum Gasteiger partial charge on any atom is 0.373 e. The van der Waals surface area contributed by atoms with Crippen molar-refractivity contribution in [1.29, 1.82) is 5.26 Å². The Balaban J connectivity index is 1.69. The molecular formula is C27H20Cl3N5O3. The Hall–Kier alpha value is -3.90. The molecule has 0 saturated carbocycles. The van der Waals surface area contributed by atoms with Gasteiger partial charge in [0.2, 0.25) is 5.82 Å². The van der Waals surface area contributed by atoms with Crippen LogP contribution in [0.15, 0.2) is 54.9 Å². The smallest absolute Gasteiger partial charge is 0.373 e. The molecule has 1 aromatic heterocycles. The summed E-state index contributed by atoms with van der Waals surface area (Å²) in [6.45, 7) is 5.41. The molecule has 8 nitrogen and oxygen atoms in total. The average Bonchev–Trinajstić information content (AvgIpc) is 2.86. The van der Waals surface area contributed by atoms with Gasteiger partial charge in [-0.1, -0.05) is 53.0 Å². The molecule has 4 aromatic rings. The van der Waals surface area contributed by atoms with E-state index in [1.807, 2.05) is 13.8 Å². The zero-order valence-electron chi connectivity index (χ0n) is 20.4. The molecule has 38 heavy (non-hydrogen) atoms. The number of ether oxygens (including phenoxy) is 1. The Morgan fingerprint density at radius 3 is 2.26 bits per heavy atom. The van der Waals surface area contributed by atoms with Crippen LogP contribution in [0.1, 0.15) is 33.7 Å². The molecule has 11 heteroatoms. The normalized spacial score (nSPS) is 11.5. The van der Waals surface area contributed by atoms with E-state index in [1.165, 1.54) is 0 Å². The van der Waals surface area contributed by atoms with Gasteiger partial charge in [-0.15, -0.1) is 0 Å². The second kappa shape index (κ2) is 11.2. The van der Waals surface area contributed by atoms with Gasteiger partial charge < -0.3 is 10.1 Å². The molecule has 1 atom stereocenters. The van der Waals surface area contributed by atoms with Gasteiger partial charge in [0.25, 0.3) is 0 Å². The summed E-state index contributed by atoms with van der Waals surface area (Å²) in [5.74, 6) is -0.595. The minimum absolute atomic E-state index is 0.0798. The van der Waals surface area contributed by atoms with Crippen LogP contribution in [0.3, 0.4) is 0 Å². The summed E-state index contributed by atoms with van der Waals surface area (Å²) >= 11 is 18.8. The van der Waals surface area contributed by atoms with E-state index in [1.54, 1.807) is 55.5 Å². The van der Waals surface area contributed by atoms with Crippen LogP contribution in [0.25, 0.3) is 0 Å². The van der Waals surface area contributed by atoms with Gasteiger partial charge in [-0.3, -0.25) is 10.1 Å². The van der Waals surface area contributed by atoms with E-state index in [4.69, 9.17) is 39.5 Å². The molecule has 0 bridgehead atoms. The number of aryl methyl sites for hydroxylation is 3.